The molecule has 0 atom stereocenters. The van der Waals surface area contributed by atoms with Crippen LogP contribution in [-0.2, 0) is 14.8 Å². The molecule has 0 radical (unpaired) electrons. The van der Waals surface area contributed by atoms with E-state index in [1.807, 2.05) is 13.8 Å². The van der Waals surface area contributed by atoms with Crippen LogP contribution in [0.25, 0.3) is 0 Å². The second-order valence-electron chi connectivity index (χ2n) is 3.78. The van der Waals surface area contributed by atoms with Crippen LogP contribution in [0.15, 0.2) is 0 Å². The highest BCUT2D eigenvalue weighted by Gasteiger charge is 2.22. The summed E-state index contributed by atoms with van der Waals surface area (Å²) in [5, 5.41) is 0.587. The Morgan fingerprint density at radius 1 is 1.43 bits per heavy atom. The molecule has 0 aliphatic carbocycles. The van der Waals surface area contributed by atoms with E-state index in [2.05, 4.69) is 20.7 Å². The molecule has 0 fully saturated rings. The molecule has 1 N–H and O–H groups in total. The second kappa shape index (κ2) is 6.05. The van der Waals surface area contributed by atoms with Gasteiger partial charge in [0, 0.05) is 24.6 Å². The molecule has 0 aliphatic rings. The average molecular weight is 288 g/mol. The molecule has 86 valence electrons. The Balaban J connectivity index is 4.08. The number of hydrogen-bond acceptors (Lipinski definition) is 3. The summed E-state index contributed by atoms with van der Waals surface area (Å²) in [6.07, 6.45) is 0.518. The van der Waals surface area contributed by atoms with E-state index in [0.717, 1.165) is 0 Å². The van der Waals surface area contributed by atoms with Gasteiger partial charge in [0.05, 0.1) is 5.75 Å². The van der Waals surface area contributed by atoms with Gasteiger partial charge >= 0.3 is 0 Å². The SMILES string of the molecule is COCCCS(=O)(=O)NC(C)(C)CBr. The lowest BCUT2D eigenvalue weighted by Gasteiger charge is -2.23. The molecule has 0 saturated heterocycles. The number of sulfonamides is 1. The molecule has 0 aromatic heterocycles. The van der Waals surface area contributed by atoms with Crippen LogP contribution in [0.2, 0.25) is 0 Å². The van der Waals surface area contributed by atoms with Gasteiger partial charge in [0.15, 0.2) is 0 Å². The van der Waals surface area contributed by atoms with Gasteiger partial charge in [-0.25, -0.2) is 13.1 Å². The first-order valence-electron chi connectivity index (χ1n) is 4.39. The van der Waals surface area contributed by atoms with Crippen LogP contribution >= 0.6 is 15.9 Å². The predicted octanol–water partition coefficient (Wildman–Crippen LogP) is 1.12. The normalized spacial score (nSPS) is 13.1. The zero-order valence-corrected chi connectivity index (χ0v) is 11.2. The molecular formula is C8H18BrNO3S. The summed E-state index contributed by atoms with van der Waals surface area (Å²) in [5.74, 6) is 0.108. The Hall–Kier alpha value is 0.350. The zero-order valence-electron chi connectivity index (χ0n) is 8.84. The first-order chi connectivity index (χ1) is 6.33. The fraction of sp³-hybridized carbons (Fsp3) is 1.00. The number of nitrogens with one attached hydrogen (secondary N) is 1. The van der Waals surface area contributed by atoms with Crippen molar-refractivity contribution in [2.24, 2.45) is 0 Å². The van der Waals surface area contributed by atoms with Gasteiger partial charge in [-0.05, 0) is 20.3 Å². The minimum Gasteiger partial charge on any atom is -0.385 e. The zero-order chi connectivity index (χ0) is 11.2. The van der Waals surface area contributed by atoms with Crippen LogP contribution in [0.1, 0.15) is 20.3 Å². The molecule has 0 unspecified atom stereocenters. The van der Waals surface area contributed by atoms with Gasteiger partial charge in [-0.1, -0.05) is 15.9 Å². The van der Waals surface area contributed by atoms with E-state index >= 15 is 0 Å². The largest absolute Gasteiger partial charge is 0.385 e. The molecule has 0 amide bonds. The van der Waals surface area contributed by atoms with Crippen LogP contribution < -0.4 is 4.72 Å². The summed E-state index contributed by atoms with van der Waals surface area (Å²) in [7, 11) is -1.63. The summed E-state index contributed by atoms with van der Waals surface area (Å²) in [4.78, 5) is 0. The van der Waals surface area contributed by atoms with Crippen molar-refractivity contribution in [3.63, 3.8) is 0 Å². The van der Waals surface area contributed by atoms with Gasteiger partial charge in [0.2, 0.25) is 10.0 Å². The van der Waals surface area contributed by atoms with E-state index in [1.54, 1.807) is 7.11 Å². The number of ether oxygens (including phenoxy) is 1. The third kappa shape index (κ3) is 6.75. The summed E-state index contributed by atoms with van der Waals surface area (Å²) >= 11 is 3.25. The van der Waals surface area contributed by atoms with E-state index in [1.165, 1.54) is 0 Å². The molecule has 6 heteroatoms. The molecule has 0 spiro atoms. The standard InChI is InChI=1S/C8H18BrNO3S/c1-8(2,7-9)10-14(11,12)6-4-5-13-3/h10H,4-7H2,1-3H3. The molecule has 0 aliphatic heterocycles. The van der Waals surface area contributed by atoms with Gasteiger partial charge in [-0.3, -0.25) is 0 Å². The van der Waals surface area contributed by atoms with E-state index in [4.69, 9.17) is 4.74 Å². The number of rotatable bonds is 7. The lowest BCUT2D eigenvalue weighted by molar-refractivity contribution is 0.199. The number of hydrogen-bond donors (Lipinski definition) is 1. The van der Waals surface area contributed by atoms with Crippen molar-refractivity contribution in [2.75, 3.05) is 24.8 Å². The van der Waals surface area contributed by atoms with Gasteiger partial charge in [-0.2, -0.15) is 0 Å². The predicted molar refractivity (Wildman–Crippen MR) is 61.3 cm³/mol. The third-order valence-corrected chi connectivity index (χ3v) is 4.62. The maximum atomic E-state index is 11.5. The maximum Gasteiger partial charge on any atom is 0.212 e. The Kier molecular flexibility index (Phi) is 6.20. The van der Waals surface area contributed by atoms with Crippen LogP contribution in [0, 0.1) is 0 Å². The van der Waals surface area contributed by atoms with Crippen molar-refractivity contribution in [1.82, 2.24) is 4.72 Å². The van der Waals surface area contributed by atoms with Crippen molar-refractivity contribution in [1.29, 1.82) is 0 Å². The van der Waals surface area contributed by atoms with Crippen molar-refractivity contribution in [2.45, 2.75) is 25.8 Å². The van der Waals surface area contributed by atoms with E-state index < -0.39 is 15.6 Å². The molecule has 0 rings (SSSR count). The molecule has 14 heavy (non-hydrogen) atoms. The Morgan fingerprint density at radius 3 is 2.43 bits per heavy atom. The van der Waals surface area contributed by atoms with Crippen molar-refractivity contribution >= 4 is 26.0 Å². The lowest BCUT2D eigenvalue weighted by Crippen LogP contribution is -2.45. The highest BCUT2D eigenvalue weighted by molar-refractivity contribution is 9.09. The number of halogens is 1. The Bertz CT molecular complexity index is 251. The first kappa shape index (κ1) is 14.3. The minimum atomic E-state index is -3.18. The molecule has 0 aromatic carbocycles. The molecule has 4 nitrogen and oxygen atoms in total. The fourth-order valence-corrected chi connectivity index (χ4v) is 2.73. The van der Waals surface area contributed by atoms with Crippen molar-refractivity contribution < 1.29 is 13.2 Å². The van der Waals surface area contributed by atoms with Crippen LogP contribution in [0.3, 0.4) is 0 Å². The van der Waals surface area contributed by atoms with Gasteiger partial charge in [0.25, 0.3) is 0 Å². The smallest absolute Gasteiger partial charge is 0.212 e. The van der Waals surface area contributed by atoms with E-state index in [-0.39, 0.29) is 5.75 Å². The topological polar surface area (TPSA) is 55.4 Å². The first-order valence-corrected chi connectivity index (χ1v) is 7.17. The third-order valence-electron chi connectivity index (χ3n) is 1.53. The van der Waals surface area contributed by atoms with Crippen molar-refractivity contribution in [3.8, 4) is 0 Å². The summed E-state index contributed by atoms with van der Waals surface area (Å²) < 4.78 is 30.4. The minimum absolute atomic E-state index is 0.108. The molecule has 0 saturated carbocycles. The number of alkyl halides is 1. The lowest BCUT2D eigenvalue weighted by atomic mass is 10.1. The highest BCUT2D eigenvalue weighted by Crippen LogP contribution is 2.08. The van der Waals surface area contributed by atoms with Crippen molar-refractivity contribution in [3.05, 3.63) is 0 Å². The maximum absolute atomic E-state index is 11.5. The number of methoxy groups -OCH3 is 1. The Morgan fingerprint density at radius 2 is 2.00 bits per heavy atom. The quantitative estimate of drug-likeness (QED) is 0.564. The van der Waals surface area contributed by atoms with Gasteiger partial charge in [-0.15, -0.1) is 0 Å². The van der Waals surface area contributed by atoms with E-state index in [0.29, 0.717) is 18.4 Å². The van der Waals surface area contributed by atoms with Crippen LogP contribution in [0.4, 0.5) is 0 Å². The summed E-state index contributed by atoms with van der Waals surface area (Å²) in [6.45, 7) is 4.13. The molecule has 0 heterocycles. The van der Waals surface area contributed by atoms with Gasteiger partial charge < -0.3 is 4.74 Å². The van der Waals surface area contributed by atoms with Crippen LogP contribution in [0.5, 0.6) is 0 Å². The second-order valence-corrected chi connectivity index (χ2v) is 6.19. The average Bonchev–Trinajstić information content (AvgIpc) is 2.03. The van der Waals surface area contributed by atoms with Crippen LogP contribution in [-0.4, -0.2) is 38.8 Å². The molecular weight excluding hydrogens is 270 g/mol. The molecule has 0 aromatic rings. The summed E-state index contributed by atoms with van der Waals surface area (Å²) in [5.41, 5.74) is -0.439. The van der Waals surface area contributed by atoms with Gasteiger partial charge in [0.1, 0.15) is 0 Å². The fourth-order valence-electron chi connectivity index (χ4n) is 0.893. The monoisotopic (exact) mass is 287 g/mol. The molecule has 0 bridgehead atoms. The Labute approximate surface area is 94.6 Å². The summed E-state index contributed by atoms with van der Waals surface area (Å²) in [6, 6.07) is 0. The highest BCUT2D eigenvalue weighted by atomic mass is 79.9. The van der Waals surface area contributed by atoms with E-state index in [9.17, 15) is 8.42 Å².